The van der Waals surface area contributed by atoms with E-state index in [2.05, 4.69) is 5.10 Å². The van der Waals surface area contributed by atoms with Crippen LogP contribution in [0.2, 0.25) is 5.02 Å². The summed E-state index contributed by atoms with van der Waals surface area (Å²) in [7, 11) is 0. The monoisotopic (exact) mass is 344 g/mol. The molecule has 1 N–H and O–H groups in total. The van der Waals surface area contributed by atoms with Crippen molar-refractivity contribution < 1.29 is 5.11 Å². The van der Waals surface area contributed by atoms with E-state index in [9.17, 15) is 9.90 Å². The molecule has 6 heteroatoms. The summed E-state index contributed by atoms with van der Waals surface area (Å²) in [5.74, 6) is 0. The molecule has 4 nitrogen and oxygen atoms in total. The summed E-state index contributed by atoms with van der Waals surface area (Å²) in [6, 6.07) is 10.7. The minimum atomic E-state index is -0.146. The molecule has 4 rings (SSSR count). The second-order valence-corrected chi connectivity index (χ2v) is 7.11. The van der Waals surface area contributed by atoms with Crippen LogP contribution in [-0.2, 0) is 19.4 Å². The Morgan fingerprint density at radius 2 is 2.00 bits per heavy atom. The zero-order valence-corrected chi connectivity index (χ0v) is 13.7. The van der Waals surface area contributed by atoms with Crippen molar-refractivity contribution in [3.63, 3.8) is 0 Å². The molecule has 0 radical (unpaired) electrons. The number of hydrogen-bond donors (Lipinski definition) is 1. The number of aromatic nitrogens is 2. The Bertz CT molecular complexity index is 944. The summed E-state index contributed by atoms with van der Waals surface area (Å²) in [4.78, 5) is 14.5. The number of rotatable bonds is 2. The molecule has 0 saturated heterocycles. The molecule has 2 aromatic heterocycles. The summed E-state index contributed by atoms with van der Waals surface area (Å²) >= 11 is 7.52. The van der Waals surface area contributed by atoms with Gasteiger partial charge in [-0.25, -0.2) is 0 Å². The van der Waals surface area contributed by atoms with Gasteiger partial charge in [0, 0.05) is 26.4 Å². The first-order chi connectivity index (χ1) is 11.2. The Balaban J connectivity index is 1.90. The molecule has 23 heavy (non-hydrogen) atoms. The smallest absolute Gasteiger partial charge is 0.271 e. The molecule has 0 saturated carbocycles. The summed E-state index contributed by atoms with van der Waals surface area (Å²) < 4.78 is 1.40. The lowest BCUT2D eigenvalue weighted by atomic mass is 9.95. The lowest BCUT2D eigenvalue weighted by molar-refractivity contribution is 0.285. The van der Waals surface area contributed by atoms with Crippen LogP contribution in [0.1, 0.15) is 15.3 Å². The molecule has 0 fully saturated rings. The molecule has 1 aromatic carbocycles. The number of aliphatic hydroxyl groups is 1. The fraction of sp³-hybridized carbons (Fsp3) is 0.176. The largest absolute Gasteiger partial charge is 0.391 e. The lowest BCUT2D eigenvalue weighted by Crippen LogP contribution is -2.23. The highest BCUT2D eigenvalue weighted by Crippen LogP contribution is 2.37. The van der Waals surface area contributed by atoms with E-state index >= 15 is 0 Å². The molecule has 0 spiro atoms. The van der Waals surface area contributed by atoms with Gasteiger partial charge in [0.15, 0.2) is 0 Å². The molecule has 0 amide bonds. The number of thiophene rings is 1. The topological polar surface area (TPSA) is 55.1 Å². The summed E-state index contributed by atoms with van der Waals surface area (Å²) in [5.41, 5.74) is 3.37. The molecule has 0 atom stereocenters. The van der Waals surface area contributed by atoms with Crippen molar-refractivity contribution >= 4 is 22.9 Å². The van der Waals surface area contributed by atoms with Crippen LogP contribution in [-0.4, -0.2) is 14.9 Å². The second kappa shape index (κ2) is 5.60. The Morgan fingerprint density at radius 1 is 1.22 bits per heavy atom. The van der Waals surface area contributed by atoms with E-state index in [1.807, 2.05) is 6.07 Å². The molecule has 0 bridgehead atoms. The number of aryl methyl sites for hydroxylation is 2. The van der Waals surface area contributed by atoms with Crippen molar-refractivity contribution in [3.05, 3.63) is 67.1 Å². The number of nitrogens with zero attached hydrogens (tertiary/aromatic N) is 2. The predicted molar refractivity (Wildman–Crippen MR) is 91.5 cm³/mol. The van der Waals surface area contributed by atoms with E-state index in [0.29, 0.717) is 10.7 Å². The molecule has 0 unspecified atom stereocenters. The van der Waals surface area contributed by atoms with Gasteiger partial charge >= 0.3 is 0 Å². The minimum Gasteiger partial charge on any atom is -0.391 e. The minimum absolute atomic E-state index is 0.0316. The second-order valence-electron chi connectivity index (χ2n) is 5.45. The van der Waals surface area contributed by atoms with Crippen molar-refractivity contribution in [2.45, 2.75) is 19.4 Å². The molecule has 1 aliphatic carbocycles. The van der Waals surface area contributed by atoms with Crippen LogP contribution < -0.4 is 5.56 Å². The molecule has 0 aliphatic heterocycles. The van der Waals surface area contributed by atoms with Gasteiger partial charge in [-0.1, -0.05) is 11.6 Å². The average Bonchev–Trinajstić information content (AvgIpc) is 2.99. The van der Waals surface area contributed by atoms with Crippen molar-refractivity contribution in [3.8, 4) is 16.9 Å². The normalized spacial score (nSPS) is 12.8. The number of fused-ring (bicyclic) bond motifs is 3. The molecule has 116 valence electrons. The average molecular weight is 345 g/mol. The van der Waals surface area contributed by atoms with Crippen LogP contribution in [0.5, 0.6) is 0 Å². The Hall–Kier alpha value is -1.95. The van der Waals surface area contributed by atoms with Gasteiger partial charge in [0.05, 0.1) is 18.0 Å². The van der Waals surface area contributed by atoms with Gasteiger partial charge in [-0.05, 0) is 48.7 Å². The van der Waals surface area contributed by atoms with Gasteiger partial charge < -0.3 is 5.11 Å². The Kier molecular flexibility index (Phi) is 3.56. The van der Waals surface area contributed by atoms with Gasteiger partial charge in [0.1, 0.15) is 0 Å². The highest BCUT2D eigenvalue weighted by atomic mass is 35.5. The van der Waals surface area contributed by atoms with Crippen molar-refractivity contribution in [1.82, 2.24) is 9.78 Å². The van der Waals surface area contributed by atoms with E-state index < -0.39 is 0 Å². The summed E-state index contributed by atoms with van der Waals surface area (Å²) in [5, 5.41) is 14.6. The highest BCUT2D eigenvalue weighted by molar-refractivity contribution is 7.12. The molecular formula is C17H13ClN2O2S. The van der Waals surface area contributed by atoms with Gasteiger partial charge in [-0.2, -0.15) is 9.78 Å². The molecule has 1 aliphatic rings. The first kappa shape index (κ1) is 14.6. The van der Waals surface area contributed by atoms with Gasteiger partial charge in [-0.3, -0.25) is 4.79 Å². The van der Waals surface area contributed by atoms with E-state index in [0.717, 1.165) is 34.5 Å². The van der Waals surface area contributed by atoms with Crippen molar-refractivity contribution in [1.29, 1.82) is 0 Å². The molecule has 2 heterocycles. The van der Waals surface area contributed by atoms with E-state index in [1.165, 1.54) is 9.56 Å². The standard InChI is InChI=1S/C17H13ClN2O2S/c18-11-2-4-12(5-3-11)20-16(22)7-10-1-6-15-14(17(10)19-20)8-13(9-21)23-15/h2-5,7-8,21H,1,6,9H2. The van der Waals surface area contributed by atoms with Crippen molar-refractivity contribution in [2.24, 2.45) is 0 Å². The zero-order chi connectivity index (χ0) is 16.0. The van der Waals surface area contributed by atoms with E-state index in [1.54, 1.807) is 41.7 Å². The number of hydrogen-bond acceptors (Lipinski definition) is 4. The third-order valence-corrected chi connectivity index (χ3v) is 5.41. The van der Waals surface area contributed by atoms with Crippen LogP contribution in [0, 0.1) is 0 Å². The molecular weight excluding hydrogens is 332 g/mol. The van der Waals surface area contributed by atoms with E-state index in [-0.39, 0.29) is 12.2 Å². The quantitative estimate of drug-likeness (QED) is 0.776. The Labute approximate surface area is 141 Å². The highest BCUT2D eigenvalue weighted by Gasteiger charge is 2.22. The zero-order valence-electron chi connectivity index (χ0n) is 12.1. The third kappa shape index (κ3) is 2.51. The Morgan fingerprint density at radius 3 is 2.74 bits per heavy atom. The van der Waals surface area contributed by atoms with E-state index in [4.69, 9.17) is 11.6 Å². The van der Waals surface area contributed by atoms with Crippen LogP contribution in [0.25, 0.3) is 16.9 Å². The summed E-state index contributed by atoms with van der Waals surface area (Å²) in [6.45, 7) is 0.0316. The van der Waals surface area contributed by atoms with Crippen molar-refractivity contribution in [2.75, 3.05) is 0 Å². The van der Waals surface area contributed by atoms with Crippen LogP contribution in [0.15, 0.2) is 41.2 Å². The van der Waals surface area contributed by atoms with Crippen LogP contribution >= 0.6 is 22.9 Å². The number of halogens is 1. The number of benzene rings is 1. The van der Waals surface area contributed by atoms with Crippen LogP contribution in [0.3, 0.4) is 0 Å². The maximum absolute atomic E-state index is 12.4. The fourth-order valence-corrected chi connectivity index (χ4v) is 4.03. The maximum atomic E-state index is 12.4. The lowest BCUT2D eigenvalue weighted by Gasteiger charge is -2.16. The SMILES string of the molecule is O=c1cc2c(nn1-c1ccc(Cl)cc1)-c1cc(CO)sc1CC2. The molecule has 3 aromatic rings. The number of aliphatic hydroxyl groups excluding tert-OH is 1. The van der Waals surface area contributed by atoms with Crippen LogP contribution in [0.4, 0.5) is 0 Å². The predicted octanol–water partition coefficient (Wildman–Crippen LogP) is 3.21. The van der Waals surface area contributed by atoms with Gasteiger partial charge in [0.2, 0.25) is 0 Å². The fourth-order valence-electron chi connectivity index (χ4n) is 2.87. The first-order valence-corrected chi connectivity index (χ1v) is 8.47. The summed E-state index contributed by atoms with van der Waals surface area (Å²) in [6.07, 6.45) is 1.69. The third-order valence-electron chi connectivity index (χ3n) is 3.97. The van der Waals surface area contributed by atoms with Gasteiger partial charge in [0.25, 0.3) is 5.56 Å². The maximum Gasteiger partial charge on any atom is 0.271 e. The van der Waals surface area contributed by atoms with Gasteiger partial charge in [-0.15, -0.1) is 11.3 Å². The first-order valence-electron chi connectivity index (χ1n) is 7.28.